The van der Waals surface area contributed by atoms with Gasteiger partial charge < -0.3 is 4.74 Å². The Balaban J connectivity index is 1.34. The lowest BCUT2D eigenvalue weighted by atomic mass is 10.00. The molecule has 1 atom stereocenters. The van der Waals surface area contributed by atoms with Crippen LogP contribution >= 0.6 is 10.5 Å². The smallest absolute Gasteiger partial charge is 0.339 e. The summed E-state index contributed by atoms with van der Waals surface area (Å²) in [5.74, 6) is 7.10. The largest absolute Gasteiger partial charge is 0.442 e. The van der Waals surface area contributed by atoms with Gasteiger partial charge in [0.1, 0.15) is 5.38 Å². The summed E-state index contributed by atoms with van der Waals surface area (Å²) in [5.41, 5.74) is 0.0421. The third kappa shape index (κ3) is 3.89. The van der Waals surface area contributed by atoms with Crippen LogP contribution in [-0.4, -0.2) is 11.6 Å². The van der Waals surface area contributed by atoms with E-state index in [2.05, 4.69) is 59.7 Å². The Hall–Kier alpha value is -2.57. The van der Waals surface area contributed by atoms with Gasteiger partial charge in [-0.25, -0.2) is 4.79 Å². The molecule has 0 aliphatic heterocycles. The molecule has 2 saturated carbocycles. The first-order valence-corrected chi connectivity index (χ1v) is 12.4. The molecule has 5 rings (SSSR count). The van der Waals surface area contributed by atoms with E-state index >= 15 is 0 Å². The summed E-state index contributed by atoms with van der Waals surface area (Å²) in [6, 6.07) is 18.6. The average molecular weight is 416 g/mol. The summed E-state index contributed by atoms with van der Waals surface area (Å²) in [4.78, 5) is 14.2. The third-order valence-electron chi connectivity index (χ3n) is 6.44. The van der Waals surface area contributed by atoms with Gasteiger partial charge in [-0.1, -0.05) is 36.8 Å². The van der Waals surface area contributed by atoms with Gasteiger partial charge in [0, 0.05) is 27.8 Å². The molecular formula is C27H27O2S+. The molecule has 2 aliphatic carbocycles. The van der Waals surface area contributed by atoms with Crippen molar-refractivity contribution < 1.29 is 9.53 Å². The predicted octanol–water partition coefficient (Wildman–Crippen LogP) is 7.24. The summed E-state index contributed by atoms with van der Waals surface area (Å²) in [6.45, 7) is 0. The molecule has 0 spiro atoms. The van der Waals surface area contributed by atoms with Crippen molar-refractivity contribution >= 4 is 26.5 Å². The first-order valence-electron chi connectivity index (χ1n) is 11.1. The van der Waals surface area contributed by atoms with Gasteiger partial charge in [0.15, 0.2) is 15.2 Å². The Morgan fingerprint density at radius 2 is 1.67 bits per heavy atom. The molecule has 2 aliphatic rings. The van der Waals surface area contributed by atoms with Gasteiger partial charge >= 0.3 is 5.97 Å². The van der Waals surface area contributed by atoms with Crippen molar-refractivity contribution in [3.63, 3.8) is 0 Å². The molecule has 2 fully saturated rings. The summed E-state index contributed by atoms with van der Waals surface area (Å²) in [7, 11) is -0.0590. The van der Waals surface area contributed by atoms with Crippen molar-refractivity contribution in [3.8, 4) is 16.7 Å². The molecule has 0 N–H and O–H groups in total. The van der Waals surface area contributed by atoms with Crippen LogP contribution in [0.2, 0.25) is 0 Å². The van der Waals surface area contributed by atoms with Crippen molar-refractivity contribution in [3.05, 3.63) is 65.5 Å². The second-order valence-electron chi connectivity index (χ2n) is 8.54. The minimum absolute atomic E-state index is 0.0590. The third-order valence-corrected chi connectivity index (χ3v) is 8.48. The second-order valence-corrected chi connectivity index (χ2v) is 10.4. The van der Waals surface area contributed by atoms with Gasteiger partial charge in [-0.15, -0.1) is 0 Å². The molecule has 3 heteroatoms. The Kier molecular flexibility index (Phi) is 5.35. The Morgan fingerprint density at radius 3 is 2.43 bits per heavy atom. The molecule has 1 aromatic heterocycles. The van der Waals surface area contributed by atoms with Gasteiger partial charge in [0.2, 0.25) is 0 Å². The second kappa shape index (κ2) is 8.28. The molecule has 2 nitrogen and oxygen atoms in total. The van der Waals surface area contributed by atoms with Gasteiger partial charge in [0.25, 0.3) is 0 Å². The Bertz CT molecular complexity index is 1100. The first kappa shape index (κ1) is 19.4. The van der Waals surface area contributed by atoms with Crippen LogP contribution in [0.25, 0.3) is 15.0 Å². The molecule has 1 unspecified atom stereocenters. The average Bonchev–Trinajstić information content (AvgIpc) is 3.53. The number of ether oxygens (including phenoxy) is 1. The molecule has 152 valence electrons. The van der Waals surface area contributed by atoms with E-state index < -0.39 is 5.60 Å². The van der Waals surface area contributed by atoms with Crippen LogP contribution in [0.4, 0.5) is 0 Å². The van der Waals surface area contributed by atoms with Crippen LogP contribution < -0.4 is 0 Å². The standard InChI is InChI=1S/C27H27O2S/c28-26(29-27(17-5-6-18-27)19-15-21-7-1-2-8-21)23-11-13-24(14-12-23)30-20-16-22-9-3-4-10-25(22)30/h3-4,9-14,16,20-21H,1-2,5-8,17-18H2/q+1. The molecule has 0 bridgehead atoms. The zero-order valence-electron chi connectivity index (χ0n) is 17.2. The Morgan fingerprint density at radius 1 is 0.933 bits per heavy atom. The normalized spacial score (nSPS) is 18.9. The van der Waals surface area contributed by atoms with Crippen molar-refractivity contribution in [1.82, 2.24) is 0 Å². The van der Waals surface area contributed by atoms with Gasteiger partial charge in [-0.05, 0) is 74.9 Å². The summed E-state index contributed by atoms with van der Waals surface area (Å²) in [5, 5.41) is 3.54. The van der Waals surface area contributed by atoms with Crippen LogP contribution in [0, 0.1) is 17.8 Å². The SMILES string of the molecule is O=C(OC1(C#CC2CCCC2)CCCC1)c1ccc(-[s+]2ccc3ccccc32)cc1. The molecule has 0 saturated heterocycles. The number of carbonyl (C=O) groups is 1. The maximum Gasteiger partial charge on any atom is 0.339 e. The number of thiophene rings is 1. The Labute approximate surface area is 181 Å². The first-order chi connectivity index (χ1) is 14.7. The monoisotopic (exact) mass is 415 g/mol. The highest BCUT2D eigenvalue weighted by molar-refractivity contribution is 7.43. The fourth-order valence-electron chi connectivity index (χ4n) is 4.72. The fraction of sp³-hybridized carbons (Fsp3) is 0.370. The van der Waals surface area contributed by atoms with Gasteiger partial charge in [-0.2, -0.15) is 0 Å². The predicted molar refractivity (Wildman–Crippen MR) is 124 cm³/mol. The number of hydrogen-bond acceptors (Lipinski definition) is 2. The molecule has 0 radical (unpaired) electrons. The molecule has 30 heavy (non-hydrogen) atoms. The lowest BCUT2D eigenvalue weighted by molar-refractivity contribution is 0.0103. The zero-order chi connectivity index (χ0) is 20.4. The zero-order valence-corrected chi connectivity index (χ0v) is 18.0. The molecule has 1 heterocycles. The minimum Gasteiger partial charge on any atom is -0.442 e. The van der Waals surface area contributed by atoms with Crippen LogP contribution in [0.1, 0.15) is 61.7 Å². The highest BCUT2D eigenvalue weighted by Gasteiger charge is 2.36. The number of hydrogen-bond donors (Lipinski definition) is 0. The fourth-order valence-corrected chi connectivity index (χ4v) is 6.60. The van der Waals surface area contributed by atoms with E-state index in [1.807, 2.05) is 12.1 Å². The molecule has 3 aromatic rings. The lowest BCUT2D eigenvalue weighted by Gasteiger charge is -2.23. The number of rotatable bonds is 3. The number of carbonyl (C=O) groups excluding carboxylic acids is 1. The van der Waals surface area contributed by atoms with E-state index in [9.17, 15) is 4.79 Å². The molecule has 0 amide bonds. The summed E-state index contributed by atoms with van der Waals surface area (Å²) < 4.78 is 7.39. The minimum atomic E-state index is -0.576. The number of fused-ring (bicyclic) bond motifs is 1. The molecular weight excluding hydrogens is 388 g/mol. The molecule has 2 aromatic carbocycles. The van der Waals surface area contributed by atoms with E-state index in [0.717, 1.165) is 25.7 Å². The van der Waals surface area contributed by atoms with E-state index in [-0.39, 0.29) is 16.4 Å². The maximum atomic E-state index is 12.9. The lowest BCUT2D eigenvalue weighted by Crippen LogP contribution is -2.30. The van der Waals surface area contributed by atoms with E-state index in [1.54, 1.807) is 0 Å². The van der Waals surface area contributed by atoms with E-state index in [1.165, 1.54) is 40.7 Å². The quantitative estimate of drug-likeness (QED) is 0.256. The van der Waals surface area contributed by atoms with Crippen molar-refractivity contribution in [2.24, 2.45) is 5.92 Å². The van der Waals surface area contributed by atoms with Crippen LogP contribution in [0.15, 0.2) is 60.0 Å². The van der Waals surface area contributed by atoms with Crippen LogP contribution in [0.5, 0.6) is 0 Å². The topological polar surface area (TPSA) is 26.3 Å². The highest BCUT2D eigenvalue weighted by atomic mass is 32.2. The number of benzene rings is 2. The summed E-state index contributed by atoms with van der Waals surface area (Å²) in [6.07, 6.45) is 8.83. The van der Waals surface area contributed by atoms with Gasteiger partial charge in [0.05, 0.1) is 5.56 Å². The highest BCUT2D eigenvalue weighted by Crippen LogP contribution is 2.40. The van der Waals surface area contributed by atoms with Crippen LogP contribution in [0.3, 0.4) is 0 Å². The van der Waals surface area contributed by atoms with Gasteiger partial charge in [-0.3, -0.25) is 0 Å². The maximum absolute atomic E-state index is 12.9. The van der Waals surface area contributed by atoms with E-state index in [4.69, 9.17) is 4.74 Å². The van der Waals surface area contributed by atoms with Crippen molar-refractivity contribution in [2.45, 2.75) is 57.0 Å². The summed E-state index contributed by atoms with van der Waals surface area (Å²) >= 11 is 0. The van der Waals surface area contributed by atoms with Crippen LogP contribution in [-0.2, 0) is 4.74 Å². The number of esters is 1. The van der Waals surface area contributed by atoms with Crippen molar-refractivity contribution in [2.75, 3.05) is 0 Å². The van der Waals surface area contributed by atoms with E-state index in [0.29, 0.717) is 11.5 Å². The van der Waals surface area contributed by atoms with Crippen molar-refractivity contribution in [1.29, 1.82) is 0 Å².